The summed E-state index contributed by atoms with van der Waals surface area (Å²) in [6.07, 6.45) is 10.3. The molecular formula is C21H28N2OS5. The van der Waals surface area contributed by atoms with Crippen molar-refractivity contribution < 1.29 is 4.74 Å². The van der Waals surface area contributed by atoms with Crippen LogP contribution in [0.1, 0.15) is 12.0 Å². The zero-order valence-corrected chi connectivity index (χ0v) is 21.5. The molecule has 0 amide bonds. The summed E-state index contributed by atoms with van der Waals surface area (Å²) in [5.41, 5.74) is 3.38. The van der Waals surface area contributed by atoms with Crippen LogP contribution in [0.2, 0.25) is 0 Å². The van der Waals surface area contributed by atoms with E-state index in [1.165, 1.54) is 16.9 Å². The molecule has 8 heteroatoms. The van der Waals surface area contributed by atoms with Crippen molar-refractivity contribution in [3.63, 3.8) is 0 Å². The molecule has 29 heavy (non-hydrogen) atoms. The SMILES string of the molecule is COc1cccc(NC(=S)Nc2ccc3c(c2)C(SC)(SC)CC(SC)[SH]3C)c1. The molecule has 1 aliphatic heterocycles. The van der Waals surface area contributed by atoms with E-state index < -0.39 is 0 Å². The van der Waals surface area contributed by atoms with Crippen molar-refractivity contribution in [1.29, 1.82) is 0 Å². The van der Waals surface area contributed by atoms with E-state index in [-0.39, 0.29) is 15.0 Å². The van der Waals surface area contributed by atoms with Gasteiger partial charge in [0, 0.05) is 22.0 Å². The van der Waals surface area contributed by atoms with E-state index in [1.807, 2.05) is 59.6 Å². The van der Waals surface area contributed by atoms with Crippen LogP contribution in [0.25, 0.3) is 0 Å². The summed E-state index contributed by atoms with van der Waals surface area (Å²) in [5, 5.41) is 7.19. The summed E-state index contributed by atoms with van der Waals surface area (Å²) in [4.78, 5) is 1.52. The highest BCUT2D eigenvalue weighted by atomic mass is 32.2. The summed E-state index contributed by atoms with van der Waals surface area (Å²) < 4.78 is 6.08. The van der Waals surface area contributed by atoms with Crippen LogP contribution in [0.4, 0.5) is 11.4 Å². The minimum Gasteiger partial charge on any atom is -0.497 e. The highest BCUT2D eigenvalue weighted by molar-refractivity contribution is 8.27. The molecule has 2 unspecified atom stereocenters. The predicted molar refractivity (Wildman–Crippen MR) is 143 cm³/mol. The van der Waals surface area contributed by atoms with Crippen molar-refractivity contribution in [2.75, 3.05) is 42.8 Å². The van der Waals surface area contributed by atoms with E-state index in [0.717, 1.165) is 17.1 Å². The molecule has 2 aromatic carbocycles. The molecule has 2 atom stereocenters. The lowest BCUT2D eigenvalue weighted by molar-refractivity contribution is 0.415. The fraction of sp³-hybridized carbons (Fsp3) is 0.381. The predicted octanol–water partition coefficient (Wildman–Crippen LogP) is 6.47. The van der Waals surface area contributed by atoms with E-state index in [1.54, 1.807) is 7.11 Å². The summed E-state index contributed by atoms with van der Waals surface area (Å²) in [7, 11) is 1.49. The van der Waals surface area contributed by atoms with Crippen molar-refractivity contribution >= 4 is 74.9 Å². The number of hydrogen-bond donors (Lipinski definition) is 3. The Kier molecular flexibility index (Phi) is 8.00. The smallest absolute Gasteiger partial charge is 0.175 e. The largest absolute Gasteiger partial charge is 0.497 e. The van der Waals surface area contributed by atoms with Crippen molar-refractivity contribution in [3.8, 4) is 5.75 Å². The van der Waals surface area contributed by atoms with Crippen LogP contribution in [-0.2, 0) is 4.08 Å². The Balaban J connectivity index is 1.84. The average Bonchev–Trinajstić information content (AvgIpc) is 2.74. The molecule has 2 aromatic rings. The maximum atomic E-state index is 5.55. The third-order valence-corrected chi connectivity index (χ3v) is 13.0. The van der Waals surface area contributed by atoms with Crippen molar-refractivity contribution in [2.24, 2.45) is 0 Å². The summed E-state index contributed by atoms with van der Waals surface area (Å²) in [5.74, 6) is 0.802. The standard InChI is InChI=1S/C21H28N2OS5/c1-24-16-8-6-7-14(11-16)22-20(25)23-15-9-10-18-17(12-15)21(27-3,28-4)13-19(26-2)29(18)5/h6-12,19,29H,13H2,1-5H3,(H2,22,23,25). The summed E-state index contributed by atoms with van der Waals surface area (Å²) in [6.45, 7) is 0. The molecule has 3 nitrogen and oxygen atoms in total. The number of thiol groups is 1. The van der Waals surface area contributed by atoms with E-state index in [9.17, 15) is 0 Å². The molecule has 3 rings (SSSR count). The summed E-state index contributed by atoms with van der Waals surface area (Å²) >= 11 is 11.5. The lowest BCUT2D eigenvalue weighted by Gasteiger charge is -2.45. The first-order valence-electron chi connectivity index (χ1n) is 9.19. The lowest BCUT2D eigenvalue weighted by Crippen LogP contribution is -2.29. The minimum atomic E-state index is -0.173. The highest BCUT2D eigenvalue weighted by Crippen LogP contribution is 2.62. The van der Waals surface area contributed by atoms with Gasteiger partial charge in [0.15, 0.2) is 5.11 Å². The number of nitrogens with one attached hydrogen (secondary N) is 2. The van der Waals surface area contributed by atoms with Gasteiger partial charge in [0.25, 0.3) is 0 Å². The van der Waals surface area contributed by atoms with Crippen LogP contribution in [0, 0.1) is 0 Å². The average molecular weight is 485 g/mol. The molecule has 1 aliphatic rings. The number of thioether (sulfide) groups is 3. The van der Waals surface area contributed by atoms with Gasteiger partial charge in [-0.3, -0.25) is 0 Å². The second-order valence-corrected chi connectivity index (χ2v) is 13.3. The Bertz CT molecular complexity index is 872. The molecule has 2 N–H and O–H groups in total. The van der Waals surface area contributed by atoms with Gasteiger partial charge in [0.2, 0.25) is 0 Å². The second kappa shape index (κ2) is 10.1. The van der Waals surface area contributed by atoms with E-state index in [2.05, 4.69) is 53.9 Å². The van der Waals surface area contributed by atoms with Gasteiger partial charge in [-0.1, -0.05) is 6.07 Å². The molecule has 0 saturated heterocycles. The maximum absolute atomic E-state index is 5.55. The molecule has 158 valence electrons. The third-order valence-electron chi connectivity index (χ3n) is 5.18. The molecule has 0 aliphatic carbocycles. The van der Waals surface area contributed by atoms with Gasteiger partial charge in [-0.25, -0.2) is 10.9 Å². The monoisotopic (exact) mass is 484 g/mol. The van der Waals surface area contributed by atoms with Crippen LogP contribution in [0.3, 0.4) is 0 Å². The molecule has 0 radical (unpaired) electrons. The highest BCUT2D eigenvalue weighted by Gasteiger charge is 2.41. The molecule has 0 bridgehead atoms. The van der Waals surface area contributed by atoms with Crippen LogP contribution < -0.4 is 15.4 Å². The van der Waals surface area contributed by atoms with Gasteiger partial charge >= 0.3 is 0 Å². The molecule has 0 fully saturated rings. The van der Waals surface area contributed by atoms with Gasteiger partial charge in [-0.05, 0) is 84.5 Å². The zero-order chi connectivity index (χ0) is 21.0. The first-order chi connectivity index (χ1) is 14.0. The molecule has 0 aromatic heterocycles. The molecule has 1 heterocycles. The Hall–Kier alpha value is -0.670. The van der Waals surface area contributed by atoms with E-state index in [0.29, 0.717) is 9.69 Å². The Morgan fingerprint density at radius 3 is 2.41 bits per heavy atom. The van der Waals surface area contributed by atoms with E-state index in [4.69, 9.17) is 17.0 Å². The normalized spacial score (nSPS) is 21.1. The Morgan fingerprint density at radius 1 is 1.10 bits per heavy atom. The number of hydrogen-bond acceptors (Lipinski definition) is 5. The number of fused-ring (bicyclic) bond motifs is 1. The second-order valence-electron chi connectivity index (χ2n) is 6.71. The number of methoxy groups -OCH3 is 1. The van der Waals surface area contributed by atoms with Crippen LogP contribution in [-0.4, -0.2) is 41.8 Å². The quantitative estimate of drug-likeness (QED) is 0.246. The number of benzene rings is 2. The third kappa shape index (κ3) is 4.98. The number of thiocarbonyl (C=S) groups is 1. The molecule has 0 spiro atoms. The van der Waals surface area contributed by atoms with Crippen molar-refractivity contribution in [1.82, 2.24) is 0 Å². The van der Waals surface area contributed by atoms with Crippen LogP contribution in [0.5, 0.6) is 5.75 Å². The first-order valence-corrected chi connectivity index (χ1v) is 15.2. The van der Waals surface area contributed by atoms with Gasteiger partial charge in [0.1, 0.15) is 5.75 Å². The number of rotatable bonds is 6. The number of anilines is 2. The van der Waals surface area contributed by atoms with Gasteiger partial charge in [-0.2, -0.15) is 11.8 Å². The van der Waals surface area contributed by atoms with Gasteiger partial charge in [0.05, 0.1) is 11.2 Å². The summed E-state index contributed by atoms with van der Waals surface area (Å²) in [6, 6.07) is 14.5. The molecular weight excluding hydrogens is 457 g/mol. The molecule has 0 saturated carbocycles. The first kappa shape index (κ1) is 23.0. The van der Waals surface area contributed by atoms with Crippen LogP contribution in [0.15, 0.2) is 47.4 Å². The Labute approximate surface area is 195 Å². The maximum Gasteiger partial charge on any atom is 0.175 e. The fourth-order valence-corrected chi connectivity index (χ4v) is 10.3. The van der Waals surface area contributed by atoms with Crippen molar-refractivity contribution in [2.45, 2.75) is 20.0 Å². The number of ether oxygens (including phenoxy) is 1. The fourth-order valence-electron chi connectivity index (χ4n) is 3.56. The Morgan fingerprint density at radius 2 is 1.79 bits per heavy atom. The van der Waals surface area contributed by atoms with Crippen LogP contribution >= 0.6 is 58.4 Å². The zero-order valence-electron chi connectivity index (χ0n) is 17.3. The van der Waals surface area contributed by atoms with Crippen molar-refractivity contribution in [3.05, 3.63) is 48.0 Å². The van der Waals surface area contributed by atoms with E-state index >= 15 is 0 Å². The van der Waals surface area contributed by atoms with Gasteiger partial charge in [-0.15, -0.1) is 23.5 Å². The lowest BCUT2D eigenvalue weighted by atomic mass is 10.1. The minimum absolute atomic E-state index is 0.0946. The topological polar surface area (TPSA) is 33.3 Å². The van der Waals surface area contributed by atoms with Gasteiger partial charge < -0.3 is 15.4 Å².